The molecule has 1 amide bonds. The fraction of sp³-hybridized carbons (Fsp3) is 0.273. The van der Waals surface area contributed by atoms with Crippen LogP contribution < -0.4 is 10.6 Å². The van der Waals surface area contributed by atoms with E-state index in [0.717, 1.165) is 6.26 Å². The number of thiocarbonyl (C=S) groups is 1. The van der Waals surface area contributed by atoms with E-state index < -0.39 is 21.5 Å². The zero-order chi connectivity index (χ0) is 13.9. The second-order valence-corrected chi connectivity index (χ2v) is 6.48. The number of hydrogen-bond donors (Lipinski definition) is 1. The minimum atomic E-state index is -3.36. The van der Waals surface area contributed by atoms with Crippen molar-refractivity contribution in [3.63, 3.8) is 0 Å². The summed E-state index contributed by atoms with van der Waals surface area (Å²) in [5.74, 6) is -1.07. The van der Waals surface area contributed by atoms with Crippen molar-refractivity contribution in [1.82, 2.24) is 0 Å². The number of amides is 1. The summed E-state index contributed by atoms with van der Waals surface area (Å²) in [6.07, 6.45) is 1.01. The van der Waals surface area contributed by atoms with Crippen molar-refractivity contribution in [3.05, 3.63) is 29.8 Å². The number of carbonyl (C=O) groups excluding carboxylic acids is 1. The fourth-order valence-corrected chi connectivity index (χ4v) is 2.24. The van der Waals surface area contributed by atoms with Gasteiger partial charge in [-0.15, -0.1) is 0 Å². The van der Waals surface area contributed by atoms with E-state index in [9.17, 15) is 13.2 Å². The first kappa shape index (κ1) is 14.6. The molecule has 1 aromatic carbocycles. The summed E-state index contributed by atoms with van der Waals surface area (Å²) in [6.45, 7) is 0. The molecule has 0 aliphatic carbocycles. The summed E-state index contributed by atoms with van der Waals surface area (Å²) >= 11 is 4.89. The van der Waals surface area contributed by atoms with Gasteiger partial charge in [0.05, 0.1) is 5.69 Å². The van der Waals surface area contributed by atoms with E-state index in [1.807, 2.05) is 0 Å². The lowest BCUT2D eigenvalue weighted by atomic mass is 10.1. The molecular formula is C11H14N2O3S2. The number of hydrogen-bond acceptors (Lipinski definition) is 4. The predicted octanol–water partition coefficient (Wildman–Crippen LogP) is 0.328. The number of anilines is 1. The Morgan fingerprint density at radius 3 is 2.44 bits per heavy atom. The average molecular weight is 286 g/mol. The second-order valence-electron chi connectivity index (χ2n) is 3.90. The number of sulfone groups is 1. The molecule has 98 valence electrons. The zero-order valence-corrected chi connectivity index (χ0v) is 11.7. The number of rotatable bonds is 4. The summed E-state index contributed by atoms with van der Waals surface area (Å²) in [5, 5.41) is 0. The van der Waals surface area contributed by atoms with Crippen LogP contribution in [0.2, 0.25) is 0 Å². The molecule has 0 aliphatic heterocycles. The Morgan fingerprint density at radius 2 is 1.94 bits per heavy atom. The van der Waals surface area contributed by atoms with Crippen LogP contribution in [0.1, 0.15) is 5.56 Å². The highest BCUT2D eigenvalue weighted by molar-refractivity contribution is 7.91. The lowest BCUT2D eigenvalue weighted by Crippen LogP contribution is -2.33. The Labute approximate surface area is 112 Å². The van der Waals surface area contributed by atoms with Crippen molar-refractivity contribution in [2.24, 2.45) is 5.73 Å². The molecule has 7 heteroatoms. The minimum absolute atomic E-state index is 0.157. The third-order valence-electron chi connectivity index (χ3n) is 2.29. The van der Waals surface area contributed by atoms with Crippen LogP contribution in [-0.2, 0) is 14.6 Å². The Balaban J connectivity index is 3.08. The van der Waals surface area contributed by atoms with Crippen LogP contribution in [0.25, 0.3) is 0 Å². The van der Waals surface area contributed by atoms with Crippen LogP contribution in [0.5, 0.6) is 0 Å². The summed E-state index contributed by atoms with van der Waals surface area (Å²) in [4.78, 5) is 13.2. The Bertz CT molecular complexity index is 582. The summed E-state index contributed by atoms with van der Waals surface area (Å²) < 4.78 is 22.2. The highest BCUT2D eigenvalue weighted by atomic mass is 32.2. The van der Waals surface area contributed by atoms with Gasteiger partial charge in [-0.3, -0.25) is 4.79 Å². The van der Waals surface area contributed by atoms with Gasteiger partial charge in [0.1, 0.15) is 10.7 Å². The maximum atomic E-state index is 11.8. The molecule has 2 N–H and O–H groups in total. The number of nitrogens with zero attached hydrogens (tertiary/aromatic N) is 1. The molecule has 1 aromatic rings. The van der Waals surface area contributed by atoms with E-state index >= 15 is 0 Å². The minimum Gasteiger partial charge on any atom is -0.389 e. The zero-order valence-electron chi connectivity index (χ0n) is 10.1. The van der Waals surface area contributed by atoms with Gasteiger partial charge in [-0.1, -0.05) is 24.4 Å². The Hall–Kier alpha value is -1.47. The van der Waals surface area contributed by atoms with E-state index in [2.05, 4.69) is 0 Å². The SMILES string of the molecule is CN(C(=O)CS(C)(=O)=O)c1ccccc1C(N)=S. The van der Waals surface area contributed by atoms with E-state index in [4.69, 9.17) is 18.0 Å². The van der Waals surface area contributed by atoms with Gasteiger partial charge < -0.3 is 10.6 Å². The number of nitrogens with two attached hydrogens (primary N) is 1. The third-order valence-corrected chi connectivity index (χ3v) is 3.28. The van der Waals surface area contributed by atoms with Crippen molar-refractivity contribution in [3.8, 4) is 0 Å². The molecule has 0 atom stereocenters. The normalized spacial score (nSPS) is 11.0. The van der Waals surface area contributed by atoms with Crippen LogP contribution in [0.3, 0.4) is 0 Å². The number of benzene rings is 1. The standard InChI is InChI=1S/C11H14N2O3S2/c1-13(10(14)7-18(2,15)16)9-6-4-3-5-8(9)11(12)17/h3-6H,7H2,1-2H3,(H2,12,17). The molecule has 0 saturated carbocycles. The second kappa shape index (κ2) is 5.45. The summed E-state index contributed by atoms with van der Waals surface area (Å²) in [6, 6.07) is 6.81. The molecule has 1 rings (SSSR count). The van der Waals surface area contributed by atoms with Gasteiger partial charge in [0, 0.05) is 18.9 Å². The highest BCUT2D eigenvalue weighted by Gasteiger charge is 2.19. The molecule has 0 aliphatic rings. The van der Waals surface area contributed by atoms with Gasteiger partial charge in [-0.25, -0.2) is 8.42 Å². The quantitative estimate of drug-likeness (QED) is 0.807. The predicted molar refractivity (Wildman–Crippen MR) is 75.5 cm³/mol. The van der Waals surface area contributed by atoms with E-state index in [0.29, 0.717) is 11.3 Å². The lowest BCUT2D eigenvalue weighted by Gasteiger charge is -2.19. The molecule has 0 aromatic heterocycles. The number of carbonyl (C=O) groups is 1. The van der Waals surface area contributed by atoms with Gasteiger partial charge in [-0.2, -0.15) is 0 Å². The van der Waals surface area contributed by atoms with Crippen molar-refractivity contribution in [2.45, 2.75) is 0 Å². The number of para-hydroxylation sites is 1. The molecule has 0 spiro atoms. The molecule has 0 fully saturated rings. The largest absolute Gasteiger partial charge is 0.389 e. The smallest absolute Gasteiger partial charge is 0.241 e. The molecule has 0 radical (unpaired) electrons. The van der Waals surface area contributed by atoms with Gasteiger partial charge in [-0.05, 0) is 12.1 Å². The third kappa shape index (κ3) is 3.78. The van der Waals surface area contributed by atoms with Gasteiger partial charge in [0.15, 0.2) is 9.84 Å². The Kier molecular flexibility index (Phi) is 4.42. The monoisotopic (exact) mass is 286 g/mol. The molecule has 18 heavy (non-hydrogen) atoms. The highest BCUT2D eigenvalue weighted by Crippen LogP contribution is 2.19. The molecule has 0 bridgehead atoms. The molecule has 0 saturated heterocycles. The van der Waals surface area contributed by atoms with Crippen LogP contribution in [0, 0.1) is 0 Å². The maximum absolute atomic E-state index is 11.8. The first-order valence-corrected chi connectivity index (χ1v) is 7.52. The van der Waals surface area contributed by atoms with E-state index in [1.165, 1.54) is 11.9 Å². The van der Waals surface area contributed by atoms with Crippen molar-refractivity contribution in [2.75, 3.05) is 24.0 Å². The molecule has 0 unspecified atom stereocenters. The van der Waals surface area contributed by atoms with Crippen LogP contribution in [0.15, 0.2) is 24.3 Å². The van der Waals surface area contributed by atoms with Crippen molar-refractivity contribution < 1.29 is 13.2 Å². The maximum Gasteiger partial charge on any atom is 0.241 e. The fourth-order valence-electron chi connectivity index (χ4n) is 1.43. The first-order valence-electron chi connectivity index (χ1n) is 5.05. The summed E-state index contributed by atoms with van der Waals surface area (Å²) in [7, 11) is -1.87. The molecule has 5 nitrogen and oxygen atoms in total. The van der Waals surface area contributed by atoms with E-state index in [1.54, 1.807) is 24.3 Å². The van der Waals surface area contributed by atoms with Crippen LogP contribution in [0.4, 0.5) is 5.69 Å². The van der Waals surface area contributed by atoms with Crippen LogP contribution >= 0.6 is 12.2 Å². The molecule has 0 heterocycles. The van der Waals surface area contributed by atoms with E-state index in [-0.39, 0.29) is 4.99 Å². The first-order chi connectivity index (χ1) is 8.22. The average Bonchev–Trinajstić information content (AvgIpc) is 2.25. The molecular weight excluding hydrogens is 272 g/mol. The Morgan fingerprint density at radius 1 is 1.39 bits per heavy atom. The van der Waals surface area contributed by atoms with Gasteiger partial charge in [0.25, 0.3) is 0 Å². The van der Waals surface area contributed by atoms with Crippen molar-refractivity contribution in [1.29, 1.82) is 0 Å². The topological polar surface area (TPSA) is 80.5 Å². The van der Waals surface area contributed by atoms with Gasteiger partial charge >= 0.3 is 0 Å². The lowest BCUT2D eigenvalue weighted by molar-refractivity contribution is -0.115. The van der Waals surface area contributed by atoms with Gasteiger partial charge in [0.2, 0.25) is 5.91 Å². The van der Waals surface area contributed by atoms with Crippen molar-refractivity contribution >= 4 is 38.6 Å². The van der Waals surface area contributed by atoms with Crippen LogP contribution in [-0.4, -0.2) is 38.4 Å². The summed E-state index contributed by atoms with van der Waals surface area (Å²) in [5.41, 5.74) is 6.59.